The Balaban J connectivity index is 0.00000264. The fraction of sp³-hybridized carbons (Fsp3) is 0.471. The molecule has 0 aromatic heterocycles. The summed E-state index contributed by atoms with van der Waals surface area (Å²) < 4.78 is 5.45. The standard InChI is InChI=1S/C17H24N4O.HI/c1-4-10-19-17(18-5-2)21-13-11-20(12-14-21)15-8-6-7-9-16(15)22-3;/h1,6-9H,5,10-14H2,2-3H3,(H,18,19);1H. The average molecular weight is 428 g/mol. The number of anilines is 1. The third-order valence-electron chi connectivity index (χ3n) is 3.66. The largest absolute Gasteiger partial charge is 0.495 e. The van der Waals surface area contributed by atoms with Crippen LogP contribution in [-0.2, 0) is 0 Å². The zero-order chi connectivity index (χ0) is 15.8. The molecule has 0 spiro atoms. The maximum absolute atomic E-state index is 5.45. The number of ether oxygens (including phenoxy) is 1. The molecular weight excluding hydrogens is 403 g/mol. The molecule has 1 N–H and O–H groups in total. The first-order valence-corrected chi connectivity index (χ1v) is 7.64. The first kappa shape index (κ1) is 19.4. The zero-order valence-corrected chi connectivity index (χ0v) is 16.1. The molecule has 0 atom stereocenters. The van der Waals surface area contributed by atoms with Gasteiger partial charge in [0.15, 0.2) is 5.96 Å². The van der Waals surface area contributed by atoms with Crippen molar-refractivity contribution in [2.45, 2.75) is 6.92 Å². The summed E-state index contributed by atoms with van der Waals surface area (Å²) in [6.45, 7) is 7.01. The molecule has 0 saturated carbocycles. The van der Waals surface area contributed by atoms with Crippen LogP contribution in [0.2, 0.25) is 0 Å². The average Bonchev–Trinajstić information content (AvgIpc) is 2.59. The van der Waals surface area contributed by atoms with Crippen LogP contribution < -0.4 is 15.0 Å². The highest BCUT2D eigenvalue weighted by atomic mass is 127. The molecule has 1 heterocycles. The number of halogens is 1. The summed E-state index contributed by atoms with van der Waals surface area (Å²) in [5, 5.41) is 3.30. The lowest BCUT2D eigenvalue weighted by Crippen LogP contribution is -2.52. The lowest BCUT2D eigenvalue weighted by Gasteiger charge is -2.38. The van der Waals surface area contributed by atoms with E-state index in [0.29, 0.717) is 6.54 Å². The van der Waals surface area contributed by atoms with Crippen LogP contribution in [-0.4, -0.2) is 57.2 Å². The summed E-state index contributed by atoms with van der Waals surface area (Å²) in [6.07, 6.45) is 5.31. The van der Waals surface area contributed by atoms with Crippen molar-refractivity contribution in [2.24, 2.45) is 4.99 Å². The molecule has 0 aliphatic carbocycles. The number of nitrogens with one attached hydrogen (secondary N) is 1. The summed E-state index contributed by atoms with van der Waals surface area (Å²) in [5.74, 6) is 4.39. The summed E-state index contributed by atoms with van der Waals surface area (Å²) in [4.78, 5) is 9.04. The Morgan fingerprint density at radius 3 is 2.61 bits per heavy atom. The molecule has 1 fully saturated rings. The molecule has 2 rings (SSSR count). The van der Waals surface area contributed by atoms with Gasteiger partial charge in [-0.05, 0) is 19.1 Å². The number of rotatable bonds is 4. The summed E-state index contributed by atoms with van der Waals surface area (Å²) in [5.41, 5.74) is 1.15. The van der Waals surface area contributed by atoms with E-state index < -0.39 is 0 Å². The van der Waals surface area contributed by atoms with Crippen LogP contribution in [0.15, 0.2) is 29.3 Å². The van der Waals surface area contributed by atoms with Crippen LogP contribution in [0.4, 0.5) is 5.69 Å². The lowest BCUT2D eigenvalue weighted by atomic mass is 10.2. The van der Waals surface area contributed by atoms with Crippen molar-refractivity contribution in [1.29, 1.82) is 0 Å². The summed E-state index contributed by atoms with van der Waals surface area (Å²) in [6, 6.07) is 8.14. The minimum atomic E-state index is 0. The van der Waals surface area contributed by atoms with Gasteiger partial charge in [-0.15, -0.1) is 30.4 Å². The van der Waals surface area contributed by atoms with Gasteiger partial charge in [-0.2, -0.15) is 0 Å². The van der Waals surface area contributed by atoms with E-state index in [1.54, 1.807) is 7.11 Å². The van der Waals surface area contributed by atoms with Crippen molar-refractivity contribution in [2.75, 3.05) is 51.3 Å². The van der Waals surface area contributed by atoms with Gasteiger partial charge in [0, 0.05) is 32.7 Å². The monoisotopic (exact) mass is 428 g/mol. The van der Waals surface area contributed by atoms with E-state index in [1.165, 1.54) is 0 Å². The highest BCUT2D eigenvalue weighted by Crippen LogP contribution is 2.28. The van der Waals surface area contributed by atoms with Crippen LogP contribution >= 0.6 is 24.0 Å². The Kier molecular flexibility index (Phi) is 8.62. The quantitative estimate of drug-likeness (QED) is 0.345. The number of benzene rings is 1. The normalized spacial score (nSPS) is 14.7. The van der Waals surface area contributed by atoms with Crippen LogP contribution in [0.3, 0.4) is 0 Å². The highest BCUT2D eigenvalue weighted by Gasteiger charge is 2.21. The number of para-hydroxylation sites is 2. The Morgan fingerprint density at radius 2 is 2.00 bits per heavy atom. The molecule has 1 aliphatic heterocycles. The third kappa shape index (κ3) is 5.20. The SMILES string of the molecule is C#CCN=C(NCC)N1CCN(c2ccccc2OC)CC1.I. The Bertz CT molecular complexity index is 548. The number of methoxy groups -OCH3 is 1. The van der Waals surface area contributed by atoms with Crippen molar-refractivity contribution in [3.05, 3.63) is 24.3 Å². The Morgan fingerprint density at radius 1 is 1.30 bits per heavy atom. The maximum atomic E-state index is 5.45. The number of aliphatic imine (C=N–C) groups is 1. The van der Waals surface area contributed by atoms with E-state index in [0.717, 1.165) is 50.1 Å². The number of hydrogen-bond donors (Lipinski definition) is 1. The second-order valence-electron chi connectivity index (χ2n) is 5.02. The van der Waals surface area contributed by atoms with E-state index in [9.17, 15) is 0 Å². The second-order valence-corrected chi connectivity index (χ2v) is 5.02. The molecule has 0 amide bonds. The number of hydrogen-bond acceptors (Lipinski definition) is 3. The van der Waals surface area contributed by atoms with Crippen LogP contribution in [0, 0.1) is 12.3 Å². The third-order valence-corrected chi connectivity index (χ3v) is 3.66. The number of piperazine rings is 1. The van der Waals surface area contributed by atoms with Gasteiger partial charge in [0.2, 0.25) is 0 Å². The molecule has 0 unspecified atom stereocenters. The van der Waals surface area contributed by atoms with Gasteiger partial charge in [0.1, 0.15) is 12.3 Å². The fourth-order valence-electron chi connectivity index (χ4n) is 2.60. The van der Waals surface area contributed by atoms with Gasteiger partial charge >= 0.3 is 0 Å². The van der Waals surface area contributed by atoms with E-state index in [4.69, 9.17) is 11.2 Å². The molecule has 0 bridgehead atoms. The predicted molar refractivity (Wildman–Crippen MR) is 107 cm³/mol. The minimum Gasteiger partial charge on any atom is -0.495 e. The van der Waals surface area contributed by atoms with Crippen molar-refractivity contribution in [3.8, 4) is 18.1 Å². The lowest BCUT2D eigenvalue weighted by molar-refractivity contribution is 0.367. The zero-order valence-electron chi connectivity index (χ0n) is 13.8. The van der Waals surface area contributed by atoms with Gasteiger partial charge in [-0.25, -0.2) is 4.99 Å². The maximum Gasteiger partial charge on any atom is 0.195 e. The van der Waals surface area contributed by atoms with E-state index in [-0.39, 0.29) is 24.0 Å². The minimum absolute atomic E-state index is 0. The molecule has 1 aromatic carbocycles. The van der Waals surface area contributed by atoms with Crippen LogP contribution in [0.1, 0.15) is 6.92 Å². The molecule has 6 heteroatoms. The molecule has 1 aromatic rings. The molecule has 5 nitrogen and oxygen atoms in total. The van der Waals surface area contributed by atoms with Gasteiger partial charge in [0.05, 0.1) is 12.8 Å². The Hall–Kier alpha value is -1.62. The molecule has 1 saturated heterocycles. The second kappa shape index (κ2) is 10.2. The van der Waals surface area contributed by atoms with Gasteiger partial charge < -0.3 is 19.9 Å². The number of nitrogens with zero attached hydrogens (tertiary/aromatic N) is 3. The smallest absolute Gasteiger partial charge is 0.195 e. The predicted octanol–water partition coefficient (Wildman–Crippen LogP) is 2.03. The van der Waals surface area contributed by atoms with Crippen molar-refractivity contribution in [1.82, 2.24) is 10.2 Å². The van der Waals surface area contributed by atoms with Gasteiger partial charge in [-0.1, -0.05) is 18.1 Å². The summed E-state index contributed by atoms with van der Waals surface area (Å²) >= 11 is 0. The topological polar surface area (TPSA) is 40.1 Å². The molecule has 1 aliphatic rings. The highest BCUT2D eigenvalue weighted by molar-refractivity contribution is 14.0. The van der Waals surface area contributed by atoms with E-state index in [2.05, 4.69) is 39.0 Å². The first-order valence-electron chi connectivity index (χ1n) is 7.64. The molecule has 0 radical (unpaired) electrons. The molecule has 23 heavy (non-hydrogen) atoms. The Labute approximate surface area is 156 Å². The first-order chi connectivity index (χ1) is 10.8. The van der Waals surface area contributed by atoms with Crippen molar-refractivity contribution >= 4 is 35.6 Å². The van der Waals surface area contributed by atoms with Crippen molar-refractivity contribution < 1.29 is 4.74 Å². The fourth-order valence-corrected chi connectivity index (χ4v) is 2.60. The van der Waals surface area contributed by atoms with E-state index in [1.807, 2.05) is 18.2 Å². The van der Waals surface area contributed by atoms with E-state index >= 15 is 0 Å². The number of guanidine groups is 1. The van der Waals surface area contributed by atoms with Gasteiger partial charge in [-0.3, -0.25) is 0 Å². The van der Waals surface area contributed by atoms with Crippen LogP contribution in [0.25, 0.3) is 0 Å². The molecule has 126 valence electrons. The van der Waals surface area contributed by atoms with Gasteiger partial charge in [0.25, 0.3) is 0 Å². The number of terminal acetylenes is 1. The van der Waals surface area contributed by atoms with Crippen LogP contribution in [0.5, 0.6) is 5.75 Å². The summed E-state index contributed by atoms with van der Waals surface area (Å²) in [7, 11) is 1.71. The molecular formula is C17H25IN4O. The van der Waals surface area contributed by atoms with Crippen molar-refractivity contribution in [3.63, 3.8) is 0 Å².